The summed E-state index contributed by atoms with van der Waals surface area (Å²) in [7, 11) is 0. The van der Waals surface area contributed by atoms with Crippen LogP contribution >= 0.6 is 11.6 Å². The number of hydrogen-bond donors (Lipinski definition) is 3. The van der Waals surface area contributed by atoms with Crippen LogP contribution in [-0.4, -0.2) is 65.9 Å². The summed E-state index contributed by atoms with van der Waals surface area (Å²) in [6.45, 7) is 2.50. The first-order chi connectivity index (χ1) is 11.6. The van der Waals surface area contributed by atoms with Gasteiger partial charge >= 0.3 is 0 Å². The Morgan fingerprint density at radius 3 is 2.92 bits per heavy atom. The number of ether oxygens (including phenoxy) is 1. The van der Waals surface area contributed by atoms with Crippen molar-refractivity contribution in [1.82, 2.24) is 30.1 Å². The molecule has 1 radical (unpaired) electrons. The molecule has 2 aliphatic heterocycles. The molecule has 0 amide bonds. The summed E-state index contributed by atoms with van der Waals surface area (Å²) in [5.41, 5.74) is 3.70. The SMILES string of the molecule is CCN1N=NC([C@H]2O[C@@H](n3cnc4[c-]nc(Cl)nc43)[C@H](O)[C@@H]2O)N1.[Y]. The summed E-state index contributed by atoms with van der Waals surface area (Å²) in [5.74, 6) is 0. The number of aliphatic hydroxyl groups excluding tert-OH is 2. The van der Waals surface area contributed by atoms with E-state index in [4.69, 9.17) is 16.3 Å². The summed E-state index contributed by atoms with van der Waals surface area (Å²) in [6, 6.07) is 0. The quantitative estimate of drug-likeness (QED) is 0.425. The minimum atomic E-state index is -1.20. The van der Waals surface area contributed by atoms with Gasteiger partial charge in [-0.05, 0) is 13.1 Å². The maximum atomic E-state index is 10.4. The van der Waals surface area contributed by atoms with Crippen molar-refractivity contribution in [3.63, 3.8) is 0 Å². The average Bonchev–Trinajstić information content (AvgIpc) is 3.27. The molecule has 5 atom stereocenters. The maximum Gasteiger partial charge on any atom is 0.169 e. The van der Waals surface area contributed by atoms with Crippen LogP contribution in [0.2, 0.25) is 5.28 Å². The molecule has 2 aromatic rings. The molecule has 13 heteroatoms. The van der Waals surface area contributed by atoms with Crippen molar-refractivity contribution in [3.8, 4) is 0 Å². The molecule has 2 aliphatic rings. The topological polar surface area (TPSA) is 133 Å². The fraction of sp³-hybridized carbons (Fsp3) is 0.583. The first-order valence-electron chi connectivity index (χ1n) is 7.32. The molecular formula is C12H14ClN8O3Y-. The zero-order valence-corrected chi connectivity index (χ0v) is 16.7. The van der Waals surface area contributed by atoms with Gasteiger partial charge in [-0.1, -0.05) is 5.22 Å². The van der Waals surface area contributed by atoms with E-state index in [1.807, 2.05) is 6.92 Å². The van der Waals surface area contributed by atoms with E-state index in [2.05, 4.69) is 36.9 Å². The summed E-state index contributed by atoms with van der Waals surface area (Å²) in [5, 5.41) is 30.2. The van der Waals surface area contributed by atoms with Crippen molar-refractivity contribution in [1.29, 1.82) is 0 Å². The molecule has 11 nitrogen and oxygen atoms in total. The Morgan fingerprint density at radius 2 is 2.20 bits per heavy atom. The number of aliphatic hydroxyl groups is 2. The Kier molecular flexibility index (Phi) is 5.64. The van der Waals surface area contributed by atoms with Gasteiger partial charge in [-0.25, -0.2) is 5.12 Å². The fourth-order valence-corrected chi connectivity index (χ4v) is 2.86. The van der Waals surface area contributed by atoms with E-state index in [0.29, 0.717) is 17.7 Å². The summed E-state index contributed by atoms with van der Waals surface area (Å²) in [6.07, 6.45) is -0.584. The molecule has 131 valence electrons. The van der Waals surface area contributed by atoms with Gasteiger partial charge < -0.3 is 29.5 Å². The molecule has 4 rings (SSSR count). The molecule has 0 aromatic carbocycles. The van der Waals surface area contributed by atoms with Crippen molar-refractivity contribution in [2.45, 2.75) is 37.6 Å². The predicted octanol–water partition coefficient (Wildman–Crippen LogP) is -0.570. The maximum absolute atomic E-state index is 10.4. The van der Waals surface area contributed by atoms with E-state index in [1.54, 1.807) is 0 Å². The molecule has 1 saturated heterocycles. The molecule has 1 unspecified atom stereocenters. The number of aromatic nitrogens is 4. The Balaban J connectivity index is 0.00000182. The first-order valence-corrected chi connectivity index (χ1v) is 7.70. The summed E-state index contributed by atoms with van der Waals surface area (Å²) < 4.78 is 7.30. The number of halogens is 1. The molecule has 0 aliphatic carbocycles. The van der Waals surface area contributed by atoms with Crippen LogP contribution in [0.1, 0.15) is 13.2 Å². The van der Waals surface area contributed by atoms with Gasteiger partial charge in [-0.15, -0.1) is 16.7 Å². The van der Waals surface area contributed by atoms with Crippen molar-refractivity contribution >= 4 is 22.8 Å². The largest absolute Gasteiger partial charge is 0.387 e. The third-order valence-electron chi connectivity index (χ3n) is 3.95. The molecule has 0 spiro atoms. The molecule has 2 aromatic heterocycles. The number of rotatable bonds is 3. The molecule has 1 fully saturated rings. The molecular weight excluding hydrogens is 429 g/mol. The normalized spacial score (nSPS) is 31.7. The van der Waals surface area contributed by atoms with Crippen molar-refractivity contribution in [3.05, 3.63) is 17.8 Å². The average molecular weight is 443 g/mol. The summed E-state index contributed by atoms with van der Waals surface area (Å²) in [4.78, 5) is 11.9. The van der Waals surface area contributed by atoms with E-state index in [9.17, 15) is 10.2 Å². The second kappa shape index (κ2) is 7.43. The predicted molar refractivity (Wildman–Crippen MR) is 79.3 cm³/mol. The molecule has 0 bridgehead atoms. The number of imidazole rings is 1. The first kappa shape index (κ1) is 19.0. The number of hydrazine groups is 1. The number of fused-ring (bicyclic) bond motifs is 1. The Bertz CT molecular complexity index is 791. The van der Waals surface area contributed by atoms with Crippen LogP contribution in [0.25, 0.3) is 11.2 Å². The monoisotopic (exact) mass is 442 g/mol. The van der Waals surface area contributed by atoms with Crippen molar-refractivity contribution < 1.29 is 47.7 Å². The number of hydrogen-bond acceptors (Lipinski definition) is 10. The van der Waals surface area contributed by atoms with Crippen LogP contribution in [0.3, 0.4) is 0 Å². The van der Waals surface area contributed by atoms with Gasteiger partial charge in [0.1, 0.15) is 23.6 Å². The molecule has 4 heterocycles. The second-order valence-electron chi connectivity index (χ2n) is 5.40. The second-order valence-corrected chi connectivity index (χ2v) is 5.73. The Hall–Kier alpha value is -0.816. The van der Waals surface area contributed by atoms with Crippen molar-refractivity contribution in [2.24, 2.45) is 10.3 Å². The van der Waals surface area contributed by atoms with Crippen LogP contribution in [0.5, 0.6) is 0 Å². The third kappa shape index (κ3) is 3.30. The minimum absolute atomic E-state index is 0. The molecule has 0 saturated carbocycles. The standard InChI is InChI=1S/C12H14ClN8O3.Y/c1-2-21-18-9(17-19-21)8-6(22)7(23)11(24-8)20-4-15-5-3-14-12(13)16-10(5)20;/h4,6-9,11,18,22-23H,2H2,1H3;/q-1;/t6-,7+,8-,9?,11+;/m0./s1. The smallest absolute Gasteiger partial charge is 0.169 e. The number of nitrogens with zero attached hydrogens (tertiary/aromatic N) is 7. The van der Waals surface area contributed by atoms with Crippen LogP contribution in [0.4, 0.5) is 0 Å². The van der Waals surface area contributed by atoms with Gasteiger partial charge in [0.05, 0.1) is 18.5 Å². The zero-order valence-electron chi connectivity index (χ0n) is 13.1. The van der Waals surface area contributed by atoms with E-state index >= 15 is 0 Å². The van der Waals surface area contributed by atoms with Gasteiger partial charge in [0.15, 0.2) is 12.4 Å². The summed E-state index contributed by atoms with van der Waals surface area (Å²) >= 11 is 5.79. The third-order valence-corrected chi connectivity index (χ3v) is 4.11. The van der Waals surface area contributed by atoms with Gasteiger partial charge in [0.2, 0.25) is 0 Å². The van der Waals surface area contributed by atoms with E-state index in [1.165, 1.54) is 16.0 Å². The van der Waals surface area contributed by atoms with Gasteiger partial charge in [0, 0.05) is 38.2 Å². The van der Waals surface area contributed by atoms with E-state index in [-0.39, 0.29) is 38.0 Å². The van der Waals surface area contributed by atoms with Gasteiger partial charge in [-0.2, -0.15) is 5.43 Å². The van der Waals surface area contributed by atoms with Crippen LogP contribution in [0, 0.1) is 6.20 Å². The Labute approximate surface area is 172 Å². The van der Waals surface area contributed by atoms with E-state index in [0.717, 1.165) is 0 Å². The van der Waals surface area contributed by atoms with Crippen LogP contribution in [0.15, 0.2) is 16.7 Å². The van der Waals surface area contributed by atoms with Gasteiger partial charge in [0.25, 0.3) is 0 Å². The Morgan fingerprint density at radius 1 is 1.40 bits per heavy atom. The minimum Gasteiger partial charge on any atom is -0.387 e. The van der Waals surface area contributed by atoms with E-state index < -0.39 is 30.7 Å². The van der Waals surface area contributed by atoms with Crippen LogP contribution < -0.4 is 5.43 Å². The molecule has 25 heavy (non-hydrogen) atoms. The van der Waals surface area contributed by atoms with Crippen molar-refractivity contribution in [2.75, 3.05) is 6.54 Å². The number of nitrogens with one attached hydrogen (secondary N) is 1. The fourth-order valence-electron chi connectivity index (χ4n) is 2.73. The molecule has 3 N–H and O–H groups in total. The zero-order chi connectivity index (χ0) is 16.8. The van der Waals surface area contributed by atoms with Gasteiger partial charge in [-0.3, -0.25) is 4.98 Å². The van der Waals surface area contributed by atoms with Crippen LogP contribution in [-0.2, 0) is 37.4 Å².